The highest BCUT2D eigenvalue weighted by molar-refractivity contribution is 6.30. The number of carbonyl (C=O) groups excluding carboxylic acids is 1. The van der Waals surface area contributed by atoms with Crippen molar-refractivity contribution in [3.8, 4) is 11.4 Å². The van der Waals surface area contributed by atoms with Crippen molar-refractivity contribution in [2.45, 2.75) is 49.9 Å². The second-order valence-corrected chi connectivity index (χ2v) is 10.1. The van der Waals surface area contributed by atoms with Crippen molar-refractivity contribution in [3.05, 3.63) is 59.1 Å². The Kier molecular flexibility index (Phi) is 5.52. The van der Waals surface area contributed by atoms with Crippen LogP contribution in [0.2, 0.25) is 5.02 Å². The van der Waals surface area contributed by atoms with Crippen LogP contribution in [0.25, 0.3) is 11.4 Å². The molecule has 0 bridgehead atoms. The van der Waals surface area contributed by atoms with Gasteiger partial charge >= 0.3 is 0 Å². The molecule has 3 fully saturated rings. The molecule has 0 unspecified atom stereocenters. The van der Waals surface area contributed by atoms with E-state index in [2.05, 4.69) is 20.0 Å². The lowest BCUT2D eigenvalue weighted by Gasteiger charge is -2.40. The van der Waals surface area contributed by atoms with Crippen LogP contribution < -0.4 is 4.90 Å². The molecule has 0 N–H and O–H groups in total. The lowest BCUT2D eigenvalue weighted by Crippen LogP contribution is -2.54. The molecule has 7 nitrogen and oxygen atoms in total. The van der Waals surface area contributed by atoms with E-state index >= 15 is 0 Å². The van der Waals surface area contributed by atoms with Gasteiger partial charge in [0, 0.05) is 48.9 Å². The Morgan fingerprint density at radius 2 is 1.74 bits per heavy atom. The van der Waals surface area contributed by atoms with Gasteiger partial charge in [0.2, 0.25) is 17.6 Å². The van der Waals surface area contributed by atoms with Gasteiger partial charge in [-0.15, -0.1) is 0 Å². The molecular weight excluding hydrogens is 450 g/mol. The molecular formula is C26H28ClN5O2. The number of hydrogen-bond donors (Lipinski definition) is 0. The topological polar surface area (TPSA) is 75.4 Å². The first-order valence-electron chi connectivity index (χ1n) is 12.2. The summed E-state index contributed by atoms with van der Waals surface area (Å²) < 4.78 is 5.37. The smallest absolute Gasteiger partial charge is 0.233 e. The van der Waals surface area contributed by atoms with Crippen LogP contribution in [0, 0.1) is 0 Å². The normalized spacial score (nSPS) is 20.0. The highest BCUT2D eigenvalue weighted by Gasteiger charge is 2.45. The number of hydrogen-bond acceptors (Lipinski definition) is 6. The van der Waals surface area contributed by atoms with Gasteiger partial charge in [0.05, 0.1) is 5.41 Å². The van der Waals surface area contributed by atoms with Crippen LogP contribution in [0.4, 0.5) is 5.82 Å². The Labute approximate surface area is 204 Å². The van der Waals surface area contributed by atoms with Crippen LogP contribution in [0.5, 0.6) is 0 Å². The van der Waals surface area contributed by atoms with Gasteiger partial charge in [-0.25, -0.2) is 4.98 Å². The molecule has 3 aliphatic rings. The minimum Gasteiger partial charge on any atom is -0.353 e. The van der Waals surface area contributed by atoms with Gasteiger partial charge in [-0.05, 0) is 55.5 Å². The SMILES string of the molecule is O=C(N1CCN(c2ccc(-c3noc(C4CC4)n3)cn2)CC1)C1(c2ccc(Cl)cc2)CCCC1. The van der Waals surface area contributed by atoms with Crippen molar-refractivity contribution in [1.82, 2.24) is 20.0 Å². The number of rotatable bonds is 5. The standard InChI is InChI=1S/C26H28ClN5O2/c27-21-8-6-20(7-9-21)26(11-1-2-12-26)25(33)32-15-13-31(14-16-32)22-10-5-19(17-28-22)23-29-24(34-30-23)18-3-4-18/h5-10,17-18H,1-4,11-16H2. The van der Waals surface area contributed by atoms with Crippen molar-refractivity contribution >= 4 is 23.3 Å². The lowest BCUT2D eigenvalue weighted by atomic mass is 9.77. The second kappa shape index (κ2) is 8.69. The Hall–Kier alpha value is -2.93. The maximum atomic E-state index is 13.7. The first-order chi connectivity index (χ1) is 16.6. The van der Waals surface area contributed by atoms with Gasteiger partial charge in [-0.2, -0.15) is 4.98 Å². The number of carbonyl (C=O) groups is 1. The van der Waals surface area contributed by atoms with Gasteiger partial charge in [-0.1, -0.05) is 41.7 Å². The summed E-state index contributed by atoms with van der Waals surface area (Å²) in [7, 11) is 0. The summed E-state index contributed by atoms with van der Waals surface area (Å²) in [4.78, 5) is 27.2. The molecule has 3 heterocycles. The number of amides is 1. The molecule has 34 heavy (non-hydrogen) atoms. The summed E-state index contributed by atoms with van der Waals surface area (Å²) in [5, 5.41) is 4.81. The largest absolute Gasteiger partial charge is 0.353 e. The third kappa shape index (κ3) is 3.96. The van der Waals surface area contributed by atoms with Crippen LogP contribution in [0.1, 0.15) is 55.9 Å². The van der Waals surface area contributed by atoms with Gasteiger partial charge in [0.25, 0.3) is 0 Å². The van der Waals surface area contributed by atoms with Crippen LogP contribution in [0.15, 0.2) is 47.1 Å². The van der Waals surface area contributed by atoms with E-state index in [-0.39, 0.29) is 5.91 Å². The van der Waals surface area contributed by atoms with Crippen molar-refractivity contribution in [1.29, 1.82) is 0 Å². The summed E-state index contributed by atoms with van der Waals surface area (Å²) in [6, 6.07) is 11.9. The molecule has 0 spiro atoms. The number of anilines is 1. The summed E-state index contributed by atoms with van der Waals surface area (Å²) in [6.45, 7) is 2.94. The maximum absolute atomic E-state index is 13.7. The highest BCUT2D eigenvalue weighted by Crippen LogP contribution is 2.43. The molecule has 2 aromatic heterocycles. The molecule has 1 aliphatic heterocycles. The van der Waals surface area contributed by atoms with Crippen LogP contribution in [-0.4, -0.2) is 52.1 Å². The summed E-state index contributed by atoms with van der Waals surface area (Å²) in [5.74, 6) is 2.95. The molecule has 0 atom stereocenters. The predicted octanol–water partition coefficient (Wildman–Crippen LogP) is 4.82. The Bertz CT molecular complexity index is 1160. The number of aromatic nitrogens is 3. The van der Waals surface area contributed by atoms with E-state index in [1.807, 2.05) is 47.5 Å². The third-order valence-electron chi connectivity index (χ3n) is 7.53. The fourth-order valence-corrected chi connectivity index (χ4v) is 5.49. The van der Waals surface area contributed by atoms with E-state index in [0.29, 0.717) is 29.9 Å². The average molecular weight is 478 g/mol. The first-order valence-corrected chi connectivity index (χ1v) is 12.6. The minimum atomic E-state index is -0.406. The van der Waals surface area contributed by atoms with E-state index in [4.69, 9.17) is 16.1 Å². The van der Waals surface area contributed by atoms with Crippen LogP contribution >= 0.6 is 11.6 Å². The number of halogens is 1. The zero-order valence-electron chi connectivity index (χ0n) is 19.1. The minimum absolute atomic E-state index is 0.263. The fraction of sp³-hybridized carbons (Fsp3) is 0.462. The lowest BCUT2D eigenvalue weighted by molar-refractivity contribution is -0.137. The molecule has 2 aliphatic carbocycles. The van der Waals surface area contributed by atoms with Gasteiger partial charge < -0.3 is 14.3 Å². The fourth-order valence-electron chi connectivity index (χ4n) is 5.37. The molecule has 1 aromatic carbocycles. The molecule has 6 rings (SSSR count). The summed E-state index contributed by atoms with van der Waals surface area (Å²) in [6.07, 6.45) is 8.08. The Morgan fingerprint density at radius 3 is 2.38 bits per heavy atom. The number of benzene rings is 1. The summed E-state index contributed by atoms with van der Waals surface area (Å²) >= 11 is 6.11. The number of piperazine rings is 1. The third-order valence-corrected chi connectivity index (χ3v) is 7.78. The Morgan fingerprint density at radius 1 is 1.00 bits per heavy atom. The van der Waals surface area contributed by atoms with Crippen LogP contribution in [0.3, 0.4) is 0 Å². The number of nitrogens with zero attached hydrogens (tertiary/aromatic N) is 5. The van der Waals surface area contributed by atoms with E-state index in [0.717, 1.165) is 74.4 Å². The van der Waals surface area contributed by atoms with E-state index in [1.165, 1.54) is 0 Å². The predicted molar refractivity (Wildman–Crippen MR) is 130 cm³/mol. The highest BCUT2D eigenvalue weighted by atomic mass is 35.5. The molecule has 3 aromatic rings. The zero-order chi connectivity index (χ0) is 23.1. The Balaban J connectivity index is 1.12. The first kappa shape index (κ1) is 21.6. The zero-order valence-corrected chi connectivity index (χ0v) is 19.9. The van der Waals surface area contributed by atoms with Gasteiger partial charge in [-0.3, -0.25) is 4.79 Å². The van der Waals surface area contributed by atoms with Crippen LogP contribution in [-0.2, 0) is 10.2 Å². The van der Waals surface area contributed by atoms with Gasteiger partial charge in [0.15, 0.2) is 0 Å². The average Bonchev–Trinajstić information content (AvgIpc) is 3.40. The van der Waals surface area contributed by atoms with Gasteiger partial charge in [0.1, 0.15) is 5.82 Å². The van der Waals surface area contributed by atoms with Crippen molar-refractivity contribution in [3.63, 3.8) is 0 Å². The second-order valence-electron chi connectivity index (χ2n) is 9.71. The molecule has 8 heteroatoms. The molecule has 2 saturated carbocycles. The van der Waals surface area contributed by atoms with E-state index in [1.54, 1.807) is 0 Å². The molecule has 1 saturated heterocycles. The van der Waals surface area contributed by atoms with Crippen molar-refractivity contribution in [2.75, 3.05) is 31.1 Å². The molecule has 176 valence electrons. The van der Waals surface area contributed by atoms with Crippen molar-refractivity contribution < 1.29 is 9.32 Å². The molecule has 1 amide bonds. The van der Waals surface area contributed by atoms with Crippen molar-refractivity contribution in [2.24, 2.45) is 0 Å². The maximum Gasteiger partial charge on any atom is 0.233 e. The van der Waals surface area contributed by atoms with E-state index < -0.39 is 5.41 Å². The molecule has 0 radical (unpaired) electrons. The quantitative estimate of drug-likeness (QED) is 0.524. The van der Waals surface area contributed by atoms with E-state index in [9.17, 15) is 4.79 Å². The number of pyridine rings is 1. The monoisotopic (exact) mass is 477 g/mol. The summed E-state index contributed by atoms with van der Waals surface area (Å²) in [5.41, 5.74) is 1.56.